The number of rotatable bonds is 2. The maximum Gasteiger partial charge on any atom is 0.164 e. The summed E-state index contributed by atoms with van der Waals surface area (Å²) >= 11 is 11.3. The molecule has 3 rings (SSSR count). The van der Waals surface area contributed by atoms with Crippen LogP contribution in [0, 0.1) is 0 Å². The second-order valence-electron chi connectivity index (χ2n) is 3.90. The molecule has 18 heavy (non-hydrogen) atoms. The van der Waals surface area contributed by atoms with E-state index in [1.807, 2.05) is 29.0 Å². The molecule has 0 aliphatic carbocycles. The maximum atomic E-state index is 6.22. The molecule has 3 nitrogen and oxygen atoms in total. The van der Waals surface area contributed by atoms with Gasteiger partial charge in [0.05, 0.1) is 11.1 Å². The lowest BCUT2D eigenvalue weighted by Crippen LogP contribution is -2.01. The summed E-state index contributed by atoms with van der Waals surface area (Å²) in [5.74, 6) is 0.815. The van der Waals surface area contributed by atoms with Crippen molar-refractivity contribution in [1.82, 2.24) is 14.5 Å². The lowest BCUT2D eigenvalue weighted by Gasteiger charge is -2.07. The quantitative estimate of drug-likeness (QED) is 0.640. The monoisotopic (exact) mass is 341 g/mol. The number of nitrogens with zero attached hydrogens (tertiary/aromatic N) is 3. The molecule has 0 aliphatic heterocycles. The van der Waals surface area contributed by atoms with Gasteiger partial charge in [-0.25, -0.2) is 9.97 Å². The minimum absolute atomic E-state index is 0.169. The van der Waals surface area contributed by atoms with Crippen molar-refractivity contribution in [2.24, 2.45) is 0 Å². The van der Waals surface area contributed by atoms with Crippen LogP contribution in [0.3, 0.4) is 0 Å². The molecule has 3 aromatic heterocycles. The first-order valence-electron chi connectivity index (χ1n) is 5.37. The summed E-state index contributed by atoms with van der Waals surface area (Å²) in [5.41, 5.74) is 2.73. The number of aromatic nitrogens is 3. The Morgan fingerprint density at radius 1 is 1.50 bits per heavy atom. The number of pyridine rings is 1. The van der Waals surface area contributed by atoms with Gasteiger partial charge in [-0.3, -0.25) is 4.57 Å². The predicted molar refractivity (Wildman–Crippen MR) is 78.7 cm³/mol. The number of hydrogen-bond acceptors (Lipinski definition) is 3. The van der Waals surface area contributed by atoms with Gasteiger partial charge in [0.1, 0.15) is 11.3 Å². The third-order valence-corrected chi connectivity index (χ3v) is 3.91. The summed E-state index contributed by atoms with van der Waals surface area (Å²) in [6.07, 6.45) is 1.77. The largest absolute Gasteiger partial charge is 0.279 e. The zero-order valence-corrected chi connectivity index (χ0v) is 12.6. The molecule has 0 aliphatic rings. The highest BCUT2D eigenvalue weighted by molar-refractivity contribution is 9.10. The molecule has 0 N–H and O–H groups in total. The van der Waals surface area contributed by atoms with E-state index in [0.717, 1.165) is 27.1 Å². The highest BCUT2D eigenvalue weighted by atomic mass is 79.9. The predicted octanol–water partition coefficient (Wildman–Crippen LogP) is 4.54. The van der Waals surface area contributed by atoms with Crippen LogP contribution in [0.15, 0.2) is 33.6 Å². The lowest BCUT2D eigenvalue weighted by atomic mass is 10.4. The fraction of sp³-hybridized carbons (Fsp3) is 0.167. The third kappa shape index (κ3) is 1.96. The summed E-state index contributed by atoms with van der Waals surface area (Å²) < 4.78 is 2.93. The van der Waals surface area contributed by atoms with Gasteiger partial charge in [-0.1, -0.05) is 0 Å². The van der Waals surface area contributed by atoms with Crippen molar-refractivity contribution in [3.63, 3.8) is 0 Å². The molecule has 0 aromatic carbocycles. The van der Waals surface area contributed by atoms with Gasteiger partial charge in [0.25, 0.3) is 0 Å². The topological polar surface area (TPSA) is 30.7 Å². The van der Waals surface area contributed by atoms with E-state index < -0.39 is 0 Å². The van der Waals surface area contributed by atoms with Gasteiger partial charge in [-0.15, -0.1) is 11.6 Å². The average molecular weight is 343 g/mol. The molecular formula is C12H9BrClN3S. The minimum atomic E-state index is -0.169. The van der Waals surface area contributed by atoms with E-state index in [2.05, 4.69) is 31.3 Å². The van der Waals surface area contributed by atoms with Crippen LogP contribution in [0.2, 0.25) is 0 Å². The highest BCUT2D eigenvalue weighted by Gasteiger charge is 2.17. The highest BCUT2D eigenvalue weighted by Crippen LogP contribution is 2.29. The van der Waals surface area contributed by atoms with Gasteiger partial charge in [0.15, 0.2) is 5.65 Å². The van der Waals surface area contributed by atoms with Crippen LogP contribution in [0.5, 0.6) is 0 Å². The molecule has 0 saturated carbocycles. The molecule has 0 fully saturated rings. The van der Waals surface area contributed by atoms with Crippen molar-refractivity contribution in [2.45, 2.75) is 12.3 Å². The van der Waals surface area contributed by atoms with E-state index in [9.17, 15) is 0 Å². The van der Waals surface area contributed by atoms with E-state index in [4.69, 9.17) is 11.6 Å². The van der Waals surface area contributed by atoms with Crippen LogP contribution in [0.1, 0.15) is 18.1 Å². The minimum Gasteiger partial charge on any atom is -0.279 e. The zero-order chi connectivity index (χ0) is 12.7. The Morgan fingerprint density at radius 2 is 2.33 bits per heavy atom. The Balaban J connectivity index is 2.36. The summed E-state index contributed by atoms with van der Waals surface area (Å²) in [6.45, 7) is 1.92. The summed E-state index contributed by atoms with van der Waals surface area (Å²) in [4.78, 5) is 9.01. The molecule has 0 saturated heterocycles. The molecule has 0 radical (unpaired) electrons. The van der Waals surface area contributed by atoms with Crippen LogP contribution < -0.4 is 0 Å². The Bertz CT molecular complexity index is 691. The van der Waals surface area contributed by atoms with Gasteiger partial charge >= 0.3 is 0 Å². The lowest BCUT2D eigenvalue weighted by molar-refractivity contribution is 0.879. The van der Waals surface area contributed by atoms with E-state index in [1.165, 1.54) is 0 Å². The van der Waals surface area contributed by atoms with Gasteiger partial charge in [-0.2, -0.15) is 11.3 Å². The maximum absolute atomic E-state index is 6.22. The molecule has 0 spiro atoms. The number of hydrogen-bond donors (Lipinski definition) is 0. The van der Waals surface area contributed by atoms with Crippen LogP contribution in [-0.2, 0) is 0 Å². The van der Waals surface area contributed by atoms with Crippen molar-refractivity contribution in [3.8, 4) is 5.69 Å². The number of imidazole rings is 1. The van der Waals surface area contributed by atoms with E-state index in [0.29, 0.717) is 0 Å². The molecule has 0 amide bonds. The molecule has 0 bridgehead atoms. The van der Waals surface area contributed by atoms with Crippen molar-refractivity contribution in [3.05, 3.63) is 39.4 Å². The second kappa shape index (κ2) is 4.64. The zero-order valence-electron chi connectivity index (χ0n) is 9.47. The first-order chi connectivity index (χ1) is 8.66. The van der Waals surface area contributed by atoms with Crippen molar-refractivity contribution in [1.29, 1.82) is 0 Å². The Hall–Kier alpha value is -0.910. The van der Waals surface area contributed by atoms with E-state index in [-0.39, 0.29) is 5.38 Å². The van der Waals surface area contributed by atoms with Crippen molar-refractivity contribution < 1.29 is 0 Å². The summed E-state index contributed by atoms with van der Waals surface area (Å²) in [7, 11) is 0. The summed E-state index contributed by atoms with van der Waals surface area (Å²) in [5, 5.41) is 3.92. The van der Waals surface area contributed by atoms with Gasteiger partial charge in [0, 0.05) is 16.0 Å². The number of fused-ring (bicyclic) bond motifs is 1. The number of halogens is 2. The van der Waals surface area contributed by atoms with Gasteiger partial charge in [0.2, 0.25) is 0 Å². The molecule has 1 atom stereocenters. The first kappa shape index (κ1) is 12.1. The SMILES string of the molecule is CC(Cl)c1nc2cc(Br)cnc2n1-c1ccsc1. The van der Waals surface area contributed by atoms with Crippen LogP contribution in [0.25, 0.3) is 16.9 Å². The molecule has 6 heteroatoms. The molecule has 3 aromatic rings. The van der Waals surface area contributed by atoms with Gasteiger partial charge < -0.3 is 0 Å². The standard InChI is InChI=1S/C12H9BrClN3S/c1-7(14)11-16-10-4-8(13)5-15-12(10)17(11)9-2-3-18-6-9/h2-7H,1H3. The van der Waals surface area contributed by atoms with Crippen molar-refractivity contribution in [2.75, 3.05) is 0 Å². The number of alkyl halides is 1. The Labute approximate surface area is 122 Å². The third-order valence-electron chi connectivity index (χ3n) is 2.61. The fourth-order valence-electron chi connectivity index (χ4n) is 1.86. The van der Waals surface area contributed by atoms with E-state index in [1.54, 1.807) is 17.5 Å². The van der Waals surface area contributed by atoms with Gasteiger partial charge in [-0.05, 0) is 40.4 Å². The fourth-order valence-corrected chi connectivity index (χ4v) is 2.95. The average Bonchev–Trinajstić information content (AvgIpc) is 2.92. The molecule has 1 unspecified atom stereocenters. The smallest absolute Gasteiger partial charge is 0.164 e. The Morgan fingerprint density at radius 3 is 3.00 bits per heavy atom. The number of thiophene rings is 1. The molecule has 3 heterocycles. The van der Waals surface area contributed by atoms with Crippen LogP contribution in [-0.4, -0.2) is 14.5 Å². The molecule has 92 valence electrons. The van der Waals surface area contributed by atoms with Crippen molar-refractivity contribution >= 4 is 50.0 Å². The Kier molecular flexibility index (Phi) is 3.13. The normalized spacial score (nSPS) is 13.1. The summed E-state index contributed by atoms with van der Waals surface area (Å²) in [6, 6.07) is 3.99. The van der Waals surface area contributed by atoms with E-state index >= 15 is 0 Å². The molecular weight excluding hydrogens is 334 g/mol. The second-order valence-corrected chi connectivity index (χ2v) is 6.25. The van der Waals surface area contributed by atoms with Crippen LogP contribution in [0.4, 0.5) is 0 Å². The van der Waals surface area contributed by atoms with Crippen LogP contribution >= 0.6 is 38.9 Å². The first-order valence-corrected chi connectivity index (χ1v) is 7.54.